The predicted molar refractivity (Wildman–Crippen MR) is 116 cm³/mol. The van der Waals surface area contributed by atoms with Crippen LogP contribution in [0.4, 0.5) is 5.82 Å². The molecule has 4 nitrogen and oxygen atoms in total. The largest absolute Gasteiger partial charge is 0.345 e. The van der Waals surface area contributed by atoms with E-state index >= 15 is 0 Å². The Kier molecular flexibility index (Phi) is 3.66. The van der Waals surface area contributed by atoms with Gasteiger partial charge in [0, 0.05) is 12.8 Å². The molecule has 0 spiro atoms. The highest BCUT2D eigenvalue weighted by Gasteiger charge is 2.37. The third kappa shape index (κ3) is 2.55. The molecule has 0 fully saturated rings. The van der Waals surface area contributed by atoms with E-state index in [9.17, 15) is 0 Å². The van der Waals surface area contributed by atoms with E-state index in [4.69, 9.17) is 4.98 Å². The van der Waals surface area contributed by atoms with Gasteiger partial charge >= 0.3 is 0 Å². The molecule has 4 heteroatoms. The molecule has 1 aliphatic carbocycles. The minimum atomic E-state index is 0.194. The Balaban J connectivity index is 1.54. The van der Waals surface area contributed by atoms with Crippen LogP contribution in [0.5, 0.6) is 0 Å². The Bertz CT molecular complexity index is 1190. The SMILES string of the molecule is Cc1cccc(C2C3=C(CCN2c2ncnc4c2C=NC4)c2ccccc2C3)c1. The fourth-order valence-electron chi connectivity index (χ4n) is 5.14. The quantitative estimate of drug-likeness (QED) is 0.650. The lowest BCUT2D eigenvalue weighted by molar-refractivity contribution is 0.650. The van der Waals surface area contributed by atoms with Crippen molar-refractivity contribution in [2.45, 2.75) is 32.4 Å². The van der Waals surface area contributed by atoms with Crippen molar-refractivity contribution in [2.24, 2.45) is 4.99 Å². The van der Waals surface area contributed by atoms with Gasteiger partial charge in [0.25, 0.3) is 0 Å². The Hall–Kier alpha value is -3.27. The van der Waals surface area contributed by atoms with E-state index in [1.807, 2.05) is 6.21 Å². The third-order valence-electron chi connectivity index (χ3n) is 6.39. The van der Waals surface area contributed by atoms with Gasteiger partial charge in [-0.15, -0.1) is 0 Å². The lowest BCUT2D eigenvalue weighted by atomic mass is 9.87. The number of hydrogen-bond donors (Lipinski definition) is 0. The van der Waals surface area contributed by atoms with Crippen LogP contribution in [-0.2, 0) is 13.0 Å². The van der Waals surface area contributed by atoms with Crippen molar-refractivity contribution in [1.82, 2.24) is 9.97 Å². The lowest BCUT2D eigenvalue weighted by Gasteiger charge is -2.39. The fourth-order valence-corrected chi connectivity index (χ4v) is 5.14. The summed E-state index contributed by atoms with van der Waals surface area (Å²) in [5, 5.41) is 0. The van der Waals surface area contributed by atoms with Gasteiger partial charge < -0.3 is 4.90 Å². The Morgan fingerprint density at radius 2 is 1.97 bits per heavy atom. The number of aliphatic imine (C=N–C) groups is 1. The summed E-state index contributed by atoms with van der Waals surface area (Å²) in [7, 11) is 0. The molecule has 2 aromatic carbocycles. The number of hydrogen-bond acceptors (Lipinski definition) is 4. The summed E-state index contributed by atoms with van der Waals surface area (Å²) in [5.41, 5.74) is 10.7. The molecule has 0 saturated carbocycles. The molecule has 0 amide bonds. The van der Waals surface area contributed by atoms with E-state index in [1.54, 1.807) is 6.33 Å². The second-order valence-electron chi connectivity index (χ2n) is 8.13. The zero-order valence-electron chi connectivity index (χ0n) is 16.5. The molecular formula is C25H22N4. The number of benzene rings is 2. The molecule has 3 aliphatic rings. The average molecular weight is 378 g/mol. The van der Waals surface area contributed by atoms with Gasteiger partial charge in [-0.2, -0.15) is 0 Å². The minimum Gasteiger partial charge on any atom is -0.345 e. The van der Waals surface area contributed by atoms with Crippen molar-refractivity contribution in [2.75, 3.05) is 11.4 Å². The molecule has 29 heavy (non-hydrogen) atoms. The minimum absolute atomic E-state index is 0.194. The van der Waals surface area contributed by atoms with Crippen LogP contribution < -0.4 is 4.90 Å². The van der Waals surface area contributed by atoms with E-state index in [0.717, 1.165) is 36.5 Å². The van der Waals surface area contributed by atoms with Crippen LogP contribution in [0.25, 0.3) is 5.57 Å². The predicted octanol–water partition coefficient (Wildman–Crippen LogP) is 4.68. The van der Waals surface area contributed by atoms with Crippen LogP contribution in [0.2, 0.25) is 0 Å². The molecule has 1 atom stereocenters. The molecule has 2 aliphatic heterocycles. The van der Waals surface area contributed by atoms with E-state index in [0.29, 0.717) is 6.54 Å². The topological polar surface area (TPSA) is 41.4 Å². The van der Waals surface area contributed by atoms with Crippen LogP contribution >= 0.6 is 0 Å². The van der Waals surface area contributed by atoms with Crippen molar-refractivity contribution in [3.8, 4) is 0 Å². The standard InChI is InChI=1S/C25H22N4/c1-16-5-4-7-18(11-16)24-21-12-17-6-2-3-8-19(17)20(21)9-10-29(24)25-22-13-26-14-23(22)27-15-28-25/h2-8,11,13,15,24H,9-10,12,14H2,1H3. The fraction of sp³-hybridized carbons (Fsp3) is 0.240. The molecule has 0 saturated heterocycles. The van der Waals surface area contributed by atoms with Gasteiger partial charge in [-0.1, -0.05) is 54.1 Å². The lowest BCUT2D eigenvalue weighted by Crippen LogP contribution is -2.36. The highest BCUT2D eigenvalue weighted by atomic mass is 15.2. The van der Waals surface area contributed by atoms with E-state index in [1.165, 1.54) is 33.4 Å². The first-order valence-electron chi connectivity index (χ1n) is 10.3. The van der Waals surface area contributed by atoms with Gasteiger partial charge in [-0.3, -0.25) is 4.99 Å². The number of aromatic nitrogens is 2. The summed E-state index contributed by atoms with van der Waals surface area (Å²) in [4.78, 5) is 16.1. The number of rotatable bonds is 2. The number of fused-ring (bicyclic) bond motifs is 3. The zero-order valence-corrected chi connectivity index (χ0v) is 16.5. The van der Waals surface area contributed by atoms with Crippen molar-refractivity contribution in [3.05, 3.63) is 93.9 Å². The second kappa shape index (κ2) is 6.38. The van der Waals surface area contributed by atoms with Gasteiger partial charge in [0.15, 0.2) is 0 Å². The first kappa shape index (κ1) is 16.7. The summed E-state index contributed by atoms with van der Waals surface area (Å²) < 4.78 is 0. The summed E-state index contributed by atoms with van der Waals surface area (Å²) in [6.07, 6.45) is 5.71. The highest BCUT2D eigenvalue weighted by Crippen LogP contribution is 2.48. The van der Waals surface area contributed by atoms with Crippen LogP contribution in [0, 0.1) is 6.92 Å². The van der Waals surface area contributed by atoms with Gasteiger partial charge in [0.2, 0.25) is 0 Å². The molecule has 6 rings (SSSR count). The molecule has 1 unspecified atom stereocenters. The second-order valence-corrected chi connectivity index (χ2v) is 8.13. The molecular weight excluding hydrogens is 356 g/mol. The summed E-state index contributed by atoms with van der Waals surface area (Å²) in [6, 6.07) is 18.0. The molecule has 3 aromatic rings. The van der Waals surface area contributed by atoms with Crippen molar-refractivity contribution >= 4 is 17.6 Å². The number of nitrogens with zero attached hydrogens (tertiary/aromatic N) is 4. The summed E-state index contributed by atoms with van der Waals surface area (Å²) >= 11 is 0. The van der Waals surface area contributed by atoms with Crippen molar-refractivity contribution < 1.29 is 0 Å². The zero-order chi connectivity index (χ0) is 19.4. The van der Waals surface area contributed by atoms with Crippen LogP contribution in [-0.4, -0.2) is 22.7 Å². The van der Waals surface area contributed by atoms with Gasteiger partial charge in [0.1, 0.15) is 12.1 Å². The van der Waals surface area contributed by atoms with Crippen LogP contribution in [0.1, 0.15) is 46.0 Å². The molecule has 142 valence electrons. The molecule has 0 N–H and O–H groups in total. The van der Waals surface area contributed by atoms with Crippen molar-refractivity contribution in [3.63, 3.8) is 0 Å². The molecule has 3 heterocycles. The van der Waals surface area contributed by atoms with Gasteiger partial charge in [-0.25, -0.2) is 9.97 Å². The average Bonchev–Trinajstić information content (AvgIpc) is 3.37. The monoisotopic (exact) mass is 378 g/mol. The normalized spacial score (nSPS) is 19.3. The maximum absolute atomic E-state index is 4.74. The van der Waals surface area contributed by atoms with Crippen molar-refractivity contribution in [1.29, 1.82) is 0 Å². The van der Waals surface area contributed by atoms with Crippen LogP contribution in [0.3, 0.4) is 0 Å². The van der Waals surface area contributed by atoms with E-state index in [-0.39, 0.29) is 6.04 Å². The maximum Gasteiger partial charge on any atom is 0.141 e. The Labute approximate surface area is 170 Å². The Morgan fingerprint density at radius 3 is 2.90 bits per heavy atom. The molecule has 0 bridgehead atoms. The number of aryl methyl sites for hydroxylation is 1. The van der Waals surface area contributed by atoms with E-state index < -0.39 is 0 Å². The first-order valence-corrected chi connectivity index (χ1v) is 10.3. The van der Waals surface area contributed by atoms with Gasteiger partial charge in [-0.05, 0) is 47.6 Å². The third-order valence-corrected chi connectivity index (χ3v) is 6.39. The van der Waals surface area contributed by atoms with Gasteiger partial charge in [0.05, 0.1) is 23.8 Å². The molecule has 1 aromatic heterocycles. The summed E-state index contributed by atoms with van der Waals surface area (Å²) in [6.45, 7) is 3.78. The maximum atomic E-state index is 4.74. The Morgan fingerprint density at radius 1 is 1.03 bits per heavy atom. The summed E-state index contributed by atoms with van der Waals surface area (Å²) in [5.74, 6) is 1.02. The highest BCUT2D eigenvalue weighted by molar-refractivity contribution is 5.91. The smallest absolute Gasteiger partial charge is 0.141 e. The van der Waals surface area contributed by atoms with Crippen LogP contribution in [0.15, 0.2) is 65.4 Å². The number of anilines is 1. The molecule has 0 radical (unpaired) electrons. The van der Waals surface area contributed by atoms with E-state index in [2.05, 4.69) is 70.3 Å². The first-order chi connectivity index (χ1) is 14.3.